The molecule has 1 saturated heterocycles. The van der Waals surface area contributed by atoms with Crippen LogP contribution >= 0.6 is 0 Å². The van der Waals surface area contributed by atoms with Crippen molar-refractivity contribution >= 4 is 15.9 Å². The quantitative estimate of drug-likeness (QED) is 0.278. The Bertz CT molecular complexity index is 1460. The molecule has 0 spiro atoms. The predicted molar refractivity (Wildman–Crippen MR) is 158 cm³/mol. The minimum atomic E-state index is -3.50. The monoisotopic (exact) mass is 585 g/mol. The lowest BCUT2D eigenvalue weighted by atomic mass is 10.1. The highest BCUT2D eigenvalue weighted by molar-refractivity contribution is 7.89. The largest absolute Gasteiger partial charge is 0.493 e. The van der Waals surface area contributed by atoms with Gasteiger partial charge in [0.15, 0.2) is 0 Å². The molecular formula is C29H39N5O6S. The van der Waals surface area contributed by atoms with Gasteiger partial charge in [-0.05, 0) is 18.6 Å². The smallest absolute Gasteiger partial charge is 0.333 e. The lowest BCUT2D eigenvalue weighted by Gasteiger charge is -2.28. The summed E-state index contributed by atoms with van der Waals surface area (Å²) in [5.41, 5.74) is 1.47. The Morgan fingerprint density at radius 3 is 2.51 bits per heavy atom. The van der Waals surface area contributed by atoms with Crippen molar-refractivity contribution in [2.24, 2.45) is 0 Å². The fourth-order valence-corrected chi connectivity index (χ4v) is 5.93. The van der Waals surface area contributed by atoms with Crippen LogP contribution in [0.3, 0.4) is 0 Å². The Balaban J connectivity index is 1.84. The number of benzene rings is 2. The van der Waals surface area contributed by atoms with Crippen molar-refractivity contribution in [3.63, 3.8) is 0 Å². The van der Waals surface area contributed by atoms with E-state index in [4.69, 9.17) is 9.47 Å². The number of aromatic nitrogens is 2. The molecule has 0 unspecified atom stereocenters. The molecule has 1 amide bonds. The molecule has 0 bridgehead atoms. The summed E-state index contributed by atoms with van der Waals surface area (Å²) in [6, 6.07) is 16.5. The van der Waals surface area contributed by atoms with Crippen molar-refractivity contribution in [2.45, 2.75) is 26.3 Å². The number of hydrogen-bond acceptors (Lipinski definition) is 7. The zero-order chi connectivity index (χ0) is 29.2. The lowest BCUT2D eigenvalue weighted by Crippen LogP contribution is -2.47. The Hall–Kier alpha value is -3.45. The number of piperazine rings is 1. The first-order valence-electron chi connectivity index (χ1n) is 14.0. The van der Waals surface area contributed by atoms with Gasteiger partial charge in [-0.2, -0.15) is 0 Å². The minimum absolute atomic E-state index is 0.00498. The van der Waals surface area contributed by atoms with E-state index in [0.717, 1.165) is 0 Å². The molecule has 0 atom stereocenters. The second-order valence-electron chi connectivity index (χ2n) is 9.78. The third-order valence-corrected chi connectivity index (χ3v) is 8.35. The molecule has 1 fully saturated rings. The number of nitrogens with zero attached hydrogens (tertiary/aromatic N) is 3. The summed E-state index contributed by atoms with van der Waals surface area (Å²) >= 11 is 0. The van der Waals surface area contributed by atoms with E-state index in [1.807, 2.05) is 36.4 Å². The maximum atomic E-state index is 14.2. The number of carbonyl (C=O) groups is 1. The highest BCUT2D eigenvalue weighted by Gasteiger charge is 2.31. The fraction of sp³-hybridized carbons (Fsp3) is 0.448. The third kappa shape index (κ3) is 7.64. The van der Waals surface area contributed by atoms with Gasteiger partial charge < -0.3 is 19.7 Å². The van der Waals surface area contributed by atoms with E-state index in [1.54, 1.807) is 37.1 Å². The van der Waals surface area contributed by atoms with Crippen LogP contribution in [0.15, 0.2) is 59.4 Å². The van der Waals surface area contributed by atoms with Crippen molar-refractivity contribution in [3.8, 4) is 22.7 Å². The van der Waals surface area contributed by atoms with Gasteiger partial charge in [0.1, 0.15) is 11.4 Å². The van der Waals surface area contributed by atoms with E-state index < -0.39 is 15.7 Å². The molecule has 2 heterocycles. The van der Waals surface area contributed by atoms with Crippen LogP contribution in [0.5, 0.6) is 5.75 Å². The predicted octanol–water partition coefficient (Wildman–Crippen LogP) is 2.10. The molecule has 41 heavy (non-hydrogen) atoms. The average molecular weight is 586 g/mol. The lowest BCUT2D eigenvalue weighted by molar-refractivity contribution is 0.0725. The van der Waals surface area contributed by atoms with E-state index in [9.17, 15) is 18.0 Å². The van der Waals surface area contributed by atoms with Crippen molar-refractivity contribution in [2.75, 3.05) is 58.8 Å². The second-order valence-corrected chi connectivity index (χ2v) is 11.7. The molecular weight excluding hydrogens is 546 g/mol. The van der Waals surface area contributed by atoms with E-state index >= 15 is 0 Å². The van der Waals surface area contributed by atoms with Gasteiger partial charge in [-0.3, -0.25) is 13.9 Å². The summed E-state index contributed by atoms with van der Waals surface area (Å²) in [5.74, 6) is 0.297. The van der Waals surface area contributed by atoms with Crippen LogP contribution in [-0.2, 0) is 21.3 Å². The Morgan fingerprint density at radius 1 is 1.05 bits per heavy atom. The van der Waals surface area contributed by atoms with Gasteiger partial charge in [0.2, 0.25) is 10.0 Å². The molecule has 2 N–H and O–H groups in total. The second kappa shape index (κ2) is 14.4. The minimum Gasteiger partial charge on any atom is -0.493 e. The van der Waals surface area contributed by atoms with Gasteiger partial charge >= 0.3 is 5.69 Å². The molecule has 1 aliphatic rings. The number of rotatable bonds is 14. The van der Waals surface area contributed by atoms with Gasteiger partial charge in [-0.1, -0.05) is 43.3 Å². The van der Waals surface area contributed by atoms with Crippen LogP contribution in [0.1, 0.15) is 30.3 Å². The molecule has 0 aliphatic carbocycles. The SMILES string of the molecule is CCCS(=O)(=O)NCCn1c(C(=O)N2CCNCC2)c(-c2ccccc2)n(-c2cccc(OCCCOC)c2)c1=O. The van der Waals surface area contributed by atoms with Crippen LogP contribution in [0, 0.1) is 0 Å². The molecule has 222 valence electrons. The maximum absolute atomic E-state index is 14.2. The molecule has 1 aromatic heterocycles. The molecule has 3 aromatic rings. The van der Waals surface area contributed by atoms with Crippen molar-refractivity contribution in [1.29, 1.82) is 0 Å². The number of methoxy groups -OCH3 is 1. The average Bonchev–Trinajstić information content (AvgIpc) is 3.27. The van der Waals surface area contributed by atoms with Crippen LogP contribution in [-0.4, -0.2) is 87.2 Å². The summed E-state index contributed by atoms with van der Waals surface area (Å²) in [6.45, 7) is 5.08. The summed E-state index contributed by atoms with van der Waals surface area (Å²) in [6.07, 6.45) is 1.18. The van der Waals surface area contributed by atoms with Gasteiger partial charge in [-0.25, -0.2) is 17.9 Å². The highest BCUT2D eigenvalue weighted by atomic mass is 32.2. The van der Waals surface area contributed by atoms with Gasteiger partial charge in [-0.15, -0.1) is 0 Å². The third-order valence-electron chi connectivity index (χ3n) is 6.76. The zero-order valence-corrected chi connectivity index (χ0v) is 24.5. The summed E-state index contributed by atoms with van der Waals surface area (Å²) in [5, 5.41) is 3.25. The molecule has 11 nitrogen and oxygen atoms in total. The van der Waals surface area contributed by atoms with E-state index in [-0.39, 0.29) is 30.4 Å². The van der Waals surface area contributed by atoms with Crippen molar-refractivity contribution < 1.29 is 22.7 Å². The summed E-state index contributed by atoms with van der Waals surface area (Å²) < 4.78 is 41.2. The van der Waals surface area contributed by atoms with Gasteiger partial charge in [0.05, 0.1) is 23.7 Å². The molecule has 12 heteroatoms. The summed E-state index contributed by atoms with van der Waals surface area (Å²) in [4.78, 5) is 30.0. The van der Waals surface area contributed by atoms with Gasteiger partial charge in [0, 0.05) is 71.0 Å². The van der Waals surface area contributed by atoms with E-state index in [0.29, 0.717) is 74.9 Å². The first-order valence-corrected chi connectivity index (χ1v) is 15.6. The van der Waals surface area contributed by atoms with Crippen LogP contribution < -0.4 is 20.5 Å². The fourth-order valence-electron chi connectivity index (χ4n) is 4.85. The Morgan fingerprint density at radius 2 is 1.80 bits per heavy atom. The van der Waals surface area contributed by atoms with Crippen LogP contribution in [0.25, 0.3) is 16.9 Å². The standard InChI is InChI=1S/C29H39N5O6S/c1-3-21-41(37,38)31-15-18-33-27(28(35)32-16-13-30-14-17-32)26(23-9-5-4-6-10-23)34(29(33)36)24-11-7-12-25(22-24)40-20-8-19-39-2/h4-7,9-12,22,30-31H,3,8,13-21H2,1-2H3. The number of imidazole rings is 1. The first-order chi connectivity index (χ1) is 19.9. The van der Waals surface area contributed by atoms with Crippen molar-refractivity contribution in [3.05, 3.63) is 70.8 Å². The van der Waals surface area contributed by atoms with Crippen LogP contribution in [0.2, 0.25) is 0 Å². The topological polar surface area (TPSA) is 124 Å². The molecule has 2 aromatic carbocycles. The van der Waals surface area contributed by atoms with E-state index in [2.05, 4.69) is 10.0 Å². The Labute approximate surface area is 241 Å². The Kier molecular flexibility index (Phi) is 10.7. The highest BCUT2D eigenvalue weighted by Crippen LogP contribution is 2.29. The van der Waals surface area contributed by atoms with Crippen molar-refractivity contribution in [1.82, 2.24) is 24.1 Å². The number of amides is 1. The van der Waals surface area contributed by atoms with Gasteiger partial charge in [0.25, 0.3) is 5.91 Å². The molecule has 0 radical (unpaired) electrons. The number of sulfonamides is 1. The number of carbonyl (C=O) groups excluding carboxylic acids is 1. The molecule has 4 rings (SSSR count). The summed E-state index contributed by atoms with van der Waals surface area (Å²) in [7, 11) is -1.86. The van der Waals surface area contributed by atoms with E-state index in [1.165, 1.54) is 9.13 Å². The number of ether oxygens (including phenoxy) is 2. The normalized spacial score (nSPS) is 13.9. The first kappa shape index (κ1) is 30.5. The number of hydrogen-bond donors (Lipinski definition) is 2. The number of nitrogens with one attached hydrogen (secondary N) is 2. The molecule has 1 aliphatic heterocycles. The van der Waals surface area contributed by atoms with Crippen LogP contribution in [0.4, 0.5) is 0 Å². The molecule has 0 saturated carbocycles. The maximum Gasteiger partial charge on any atom is 0.333 e. The zero-order valence-electron chi connectivity index (χ0n) is 23.7.